The van der Waals surface area contributed by atoms with E-state index in [0.717, 1.165) is 12.1 Å². The van der Waals surface area contributed by atoms with Gasteiger partial charge in [-0.3, -0.25) is 9.71 Å². The molecule has 8 heteroatoms. The van der Waals surface area contributed by atoms with E-state index in [4.69, 9.17) is 0 Å². The monoisotopic (exact) mass is 375 g/mol. The lowest BCUT2D eigenvalue weighted by Gasteiger charge is -2.07. The molecule has 2 heterocycles. The minimum atomic E-state index is -3.56. The second kappa shape index (κ2) is 6.66. The average molecular weight is 376 g/mol. The summed E-state index contributed by atoms with van der Waals surface area (Å²) < 4.78 is 28.0. The summed E-state index contributed by atoms with van der Waals surface area (Å²) in [5.74, 6) is 0. The Bertz CT molecular complexity index is 686. The summed E-state index contributed by atoms with van der Waals surface area (Å²) in [5, 5.41) is 5.01. The molecule has 0 spiro atoms. The van der Waals surface area contributed by atoms with Crippen LogP contribution in [0.1, 0.15) is 12.5 Å². The van der Waals surface area contributed by atoms with Crippen molar-refractivity contribution in [2.45, 2.75) is 17.7 Å². The summed E-state index contributed by atoms with van der Waals surface area (Å²) in [7, 11) is -3.56. The van der Waals surface area contributed by atoms with E-state index in [-0.39, 0.29) is 0 Å². The molecule has 20 heavy (non-hydrogen) atoms. The van der Waals surface area contributed by atoms with Gasteiger partial charge in [0.25, 0.3) is 10.0 Å². The third-order valence-electron chi connectivity index (χ3n) is 2.49. The van der Waals surface area contributed by atoms with Crippen LogP contribution >= 0.6 is 27.3 Å². The third kappa shape index (κ3) is 3.78. The summed E-state index contributed by atoms with van der Waals surface area (Å²) >= 11 is 4.48. The highest BCUT2D eigenvalue weighted by atomic mass is 79.9. The number of hydrogen-bond acceptors (Lipinski definition) is 5. The SMILES string of the molecule is CCNCc1csc(S(=O)(=O)Nc2ccncc2Br)c1. The van der Waals surface area contributed by atoms with Crippen LogP contribution in [0.15, 0.2) is 38.6 Å². The van der Waals surface area contributed by atoms with Gasteiger partial charge in [0.05, 0.1) is 10.2 Å². The van der Waals surface area contributed by atoms with E-state index in [1.165, 1.54) is 17.5 Å². The van der Waals surface area contributed by atoms with Crippen LogP contribution in [0.4, 0.5) is 5.69 Å². The number of aromatic nitrogens is 1. The molecule has 108 valence electrons. The summed E-state index contributed by atoms with van der Waals surface area (Å²) in [6.07, 6.45) is 3.08. The number of rotatable bonds is 6. The van der Waals surface area contributed by atoms with Crippen LogP contribution in [0.3, 0.4) is 0 Å². The van der Waals surface area contributed by atoms with Gasteiger partial charge in [0.15, 0.2) is 0 Å². The average Bonchev–Trinajstić information content (AvgIpc) is 2.88. The highest BCUT2D eigenvalue weighted by Gasteiger charge is 2.18. The van der Waals surface area contributed by atoms with E-state index in [1.54, 1.807) is 18.3 Å². The summed E-state index contributed by atoms with van der Waals surface area (Å²) in [6, 6.07) is 3.29. The molecule has 0 bridgehead atoms. The highest BCUT2D eigenvalue weighted by molar-refractivity contribution is 9.10. The van der Waals surface area contributed by atoms with Crippen molar-refractivity contribution in [2.75, 3.05) is 11.3 Å². The van der Waals surface area contributed by atoms with Crippen molar-refractivity contribution in [3.05, 3.63) is 39.9 Å². The summed E-state index contributed by atoms with van der Waals surface area (Å²) in [4.78, 5) is 3.90. The lowest BCUT2D eigenvalue weighted by molar-refractivity contribution is 0.603. The Kier molecular flexibility index (Phi) is 5.14. The first kappa shape index (κ1) is 15.4. The Balaban J connectivity index is 2.18. The maximum Gasteiger partial charge on any atom is 0.271 e. The Morgan fingerprint density at radius 2 is 2.25 bits per heavy atom. The lowest BCUT2D eigenvalue weighted by Crippen LogP contribution is -2.13. The first-order chi connectivity index (χ1) is 9.53. The number of thiophene rings is 1. The number of nitrogens with one attached hydrogen (secondary N) is 2. The Morgan fingerprint density at radius 3 is 2.95 bits per heavy atom. The standard InChI is InChI=1S/C12H14BrN3O2S2/c1-2-14-6-9-5-12(19-8-9)20(17,18)16-11-3-4-15-7-10(11)13/h3-5,7-8,14H,2,6H2,1H3,(H,15,16). The predicted molar refractivity (Wildman–Crippen MR) is 84.4 cm³/mol. The fraction of sp³-hybridized carbons (Fsp3) is 0.250. The van der Waals surface area contributed by atoms with E-state index < -0.39 is 10.0 Å². The molecule has 0 saturated heterocycles. The second-order valence-corrected chi connectivity index (χ2v) is 7.69. The number of halogens is 1. The maximum atomic E-state index is 12.3. The van der Waals surface area contributed by atoms with Gasteiger partial charge >= 0.3 is 0 Å². The Labute approximate surface area is 130 Å². The van der Waals surface area contributed by atoms with E-state index in [9.17, 15) is 8.42 Å². The Morgan fingerprint density at radius 1 is 1.45 bits per heavy atom. The van der Waals surface area contributed by atoms with Gasteiger partial charge in [0.2, 0.25) is 0 Å². The molecule has 2 aromatic heterocycles. The van der Waals surface area contributed by atoms with E-state index in [0.29, 0.717) is 20.9 Å². The van der Waals surface area contributed by atoms with E-state index in [1.807, 2.05) is 12.3 Å². The van der Waals surface area contributed by atoms with Crippen molar-refractivity contribution in [3.8, 4) is 0 Å². The van der Waals surface area contributed by atoms with Crippen molar-refractivity contribution >= 4 is 43.0 Å². The number of nitrogens with zero attached hydrogens (tertiary/aromatic N) is 1. The molecule has 0 atom stereocenters. The van der Waals surface area contributed by atoms with Crippen molar-refractivity contribution in [3.63, 3.8) is 0 Å². The number of hydrogen-bond donors (Lipinski definition) is 2. The van der Waals surface area contributed by atoms with Gasteiger partial charge in [0, 0.05) is 18.9 Å². The van der Waals surface area contributed by atoms with Crippen LogP contribution in [-0.2, 0) is 16.6 Å². The minimum absolute atomic E-state index is 0.300. The van der Waals surface area contributed by atoms with Crippen molar-refractivity contribution in [1.29, 1.82) is 0 Å². The van der Waals surface area contributed by atoms with Crippen molar-refractivity contribution in [2.24, 2.45) is 0 Å². The van der Waals surface area contributed by atoms with Crippen LogP contribution < -0.4 is 10.0 Å². The fourth-order valence-corrected chi connectivity index (χ4v) is 4.28. The van der Waals surface area contributed by atoms with Gasteiger partial charge in [-0.25, -0.2) is 8.42 Å². The predicted octanol–water partition coefficient (Wildman–Crippen LogP) is 2.82. The second-order valence-electron chi connectivity index (χ2n) is 4.02. The van der Waals surface area contributed by atoms with Crippen LogP contribution in [0.25, 0.3) is 0 Å². The lowest BCUT2D eigenvalue weighted by atomic mass is 10.3. The fourth-order valence-electron chi connectivity index (χ4n) is 1.51. The van der Waals surface area contributed by atoms with Gasteiger partial charge in [-0.05, 0) is 45.6 Å². The number of anilines is 1. The molecule has 0 aliphatic carbocycles. The molecule has 0 fully saturated rings. The normalized spacial score (nSPS) is 11.5. The molecule has 2 rings (SSSR count). The molecule has 0 amide bonds. The molecule has 0 unspecified atom stereocenters. The largest absolute Gasteiger partial charge is 0.313 e. The molecular weight excluding hydrogens is 362 g/mol. The zero-order valence-corrected chi connectivity index (χ0v) is 14.0. The smallest absolute Gasteiger partial charge is 0.271 e. The van der Waals surface area contributed by atoms with E-state index in [2.05, 4.69) is 31.0 Å². The van der Waals surface area contributed by atoms with Gasteiger partial charge < -0.3 is 5.32 Å². The van der Waals surface area contributed by atoms with Gasteiger partial charge in [-0.2, -0.15) is 0 Å². The number of sulfonamides is 1. The first-order valence-corrected chi connectivity index (χ1v) is 9.09. The van der Waals surface area contributed by atoms with Crippen LogP contribution in [-0.4, -0.2) is 19.9 Å². The molecule has 5 nitrogen and oxygen atoms in total. The zero-order valence-electron chi connectivity index (χ0n) is 10.8. The Hall–Kier alpha value is -0.960. The summed E-state index contributed by atoms with van der Waals surface area (Å²) in [5.41, 5.74) is 1.44. The minimum Gasteiger partial charge on any atom is -0.313 e. The zero-order chi connectivity index (χ0) is 14.6. The molecule has 0 aliphatic rings. The first-order valence-electron chi connectivity index (χ1n) is 5.93. The molecule has 0 saturated carbocycles. The van der Waals surface area contributed by atoms with Crippen LogP contribution in [0, 0.1) is 0 Å². The molecule has 0 aromatic carbocycles. The number of pyridine rings is 1. The topological polar surface area (TPSA) is 71.1 Å². The van der Waals surface area contributed by atoms with Crippen LogP contribution in [0.5, 0.6) is 0 Å². The molecule has 2 aromatic rings. The third-order valence-corrected chi connectivity index (χ3v) is 5.98. The van der Waals surface area contributed by atoms with Gasteiger partial charge in [0.1, 0.15) is 4.21 Å². The van der Waals surface area contributed by atoms with Gasteiger partial charge in [-0.1, -0.05) is 6.92 Å². The van der Waals surface area contributed by atoms with Gasteiger partial charge in [-0.15, -0.1) is 11.3 Å². The highest BCUT2D eigenvalue weighted by Crippen LogP contribution is 2.26. The molecule has 0 aliphatic heterocycles. The van der Waals surface area contributed by atoms with E-state index >= 15 is 0 Å². The molecule has 2 N–H and O–H groups in total. The van der Waals surface area contributed by atoms with Crippen molar-refractivity contribution < 1.29 is 8.42 Å². The maximum absolute atomic E-state index is 12.3. The summed E-state index contributed by atoms with van der Waals surface area (Å²) in [6.45, 7) is 3.52. The van der Waals surface area contributed by atoms with Crippen LogP contribution in [0.2, 0.25) is 0 Å². The molecular formula is C12H14BrN3O2S2. The quantitative estimate of drug-likeness (QED) is 0.814. The van der Waals surface area contributed by atoms with Crippen molar-refractivity contribution in [1.82, 2.24) is 10.3 Å². The molecule has 0 radical (unpaired) electrons.